The van der Waals surface area contributed by atoms with Crippen LogP contribution in [-0.4, -0.2) is 62.7 Å². The van der Waals surface area contributed by atoms with Crippen molar-refractivity contribution in [1.82, 2.24) is 9.21 Å². The number of amides is 2. The normalized spacial score (nSPS) is 15.2. The van der Waals surface area contributed by atoms with E-state index in [9.17, 15) is 18.0 Å². The van der Waals surface area contributed by atoms with Crippen molar-refractivity contribution in [3.05, 3.63) is 60.2 Å². The number of anilines is 1. The fourth-order valence-corrected chi connectivity index (χ4v) is 4.60. The molecule has 0 N–H and O–H groups in total. The van der Waals surface area contributed by atoms with E-state index < -0.39 is 10.0 Å². The van der Waals surface area contributed by atoms with Crippen molar-refractivity contribution >= 4 is 28.0 Å². The van der Waals surface area contributed by atoms with Gasteiger partial charge in [-0.1, -0.05) is 18.2 Å². The molecule has 2 aromatic rings. The van der Waals surface area contributed by atoms with Gasteiger partial charge in [-0.15, -0.1) is 0 Å². The van der Waals surface area contributed by atoms with E-state index in [2.05, 4.69) is 0 Å². The fourth-order valence-electron chi connectivity index (χ4n) is 3.18. The largest absolute Gasteiger partial charge is 0.343 e. The SMILES string of the molecule is CCN(C(=O)c1ccc(S(=O)(=O)N2CCN(C=O)CC2)cc1)c1ccccc1. The number of rotatable bonds is 6. The van der Waals surface area contributed by atoms with Crippen LogP contribution in [0.3, 0.4) is 0 Å². The first kappa shape index (κ1) is 20.0. The van der Waals surface area contributed by atoms with Crippen LogP contribution in [0, 0.1) is 0 Å². The number of benzene rings is 2. The number of hydrogen-bond acceptors (Lipinski definition) is 4. The highest BCUT2D eigenvalue weighted by atomic mass is 32.2. The van der Waals surface area contributed by atoms with Gasteiger partial charge in [0.05, 0.1) is 4.90 Å². The van der Waals surface area contributed by atoms with Crippen LogP contribution in [0.2, 0.25) is 0 Å². The van der Waals surface area contributed by atoms with E-state index in [1.807, 2.05) is 37.3 Å². The minimum absolute atomic E-state index is 0.145. The smallest absolute Gasteiger partial charge is 0.258 e. The highest BCUT2D eigenvalue weighted by Gasteiger charge is 2.28. The van der Waals surface area contributed by atoms with Gasteiger partial charge in [-0.3, -0.25) is 9.59 Å². The lowest BCUT2D eigenvalue weighted by Crippen LogP contribution is -2.47. The van der Waals surface area contributed by atoms with Crippen LogP contribution >= 0.6 is 0 Å². The van der Waals surface area contributed by atoms with Crippen molar-refractivity contribution in [2.24, 2.45) is 0 Å². The summed E-state index contributed by atoms with van der Waals surface area (Å²) >= 11 is 0. The Morgan fingerprint density at radius 3 is 2.14 bits per heavy atom. The van der Waals surface area contributed by atoms with E-state index in [0.717, 1.165) is 12.1 Å². The maximum absolute atomic E-state index is 12.8. The zero-order valence-corrected chi connectivity index (χ0v) is 16.5. The molecule has 28 heavy (non-hydrogen) atoms. The number of sulfonamides is 1. The lowest BCUT2D eigenvalue weighted by atomic mass is 10.2. The molecule has 3 rings (SSSR count). The molecule has 2 aromatic carbocycles. The second kappa shape index (κ2) is 8.53. The quantitative estimate of drug-likeness (QED) is 0.692. The van der Waals surface area contributed by atoms with Gasteiger partial charge in [-0.25, -0.2) is 8.42 Å². The molecule has 1 heterocycles. The van der Waals surface area contributed by atoms with Crippen LogP contribution in [0.4, 0.5) is 5.69 Å². The molecule has 0 unspecified atom stereocenters. The Balaban J connectivity index is 1.77. The Bertz CT molecular complexity index is 922. The van der Waals surface area contributed by atoms with Crippen molar-refractivity contribution in [2.75, 3.05) is 37.6 Å². The molecule has 8 heteroatoms. The molecule has 1 aliphatic rings. The summed E-state index contributed by atoms with van der Waals surface area (Å²) in [4.78, 5) is 27.0. The molecule has 1 saturated heterocycles. The summed E-state index contributed by atoms with van der Waals surface area (Å²) in [5.74, 6) is -0.183. The lowest BCUT2D eigenvalue weighted by Gasteiger charge is -2.31. The van der Waals surface area contributed by atoms with E-state index in [0.29, 0.717) is 25.2 Å². The molecule has 0 aliphatic carbocycles. The molecule has 0 atom stereocenters. The van der Waals surface area contributed by atoms with Crippen LogP contribution in [0.1, 0.15) is 17.3 Å². The summed E-state index contributed by atoms with van der Waals surface area (Å²) in [5.41, 5.74) is 1.22. The van der Waals surface area contributed by atoms with Crippen LogP contribution < -0.4 is 4.90 Å². The third-order valence-corrected chi connectivity index (χ3v) is 6.70. The molecule has 0 aromatic heterocycles. The Labute approximate surface area is 165 Å². The average Bonchev–Trinajstić information content (AvgIpc) is 2.75. The van der Waals surface area contributed by atoms with Crippen molar-refractivity contribution in [2.45, 2.75) is 11.8 Å². The molecule has 0 bridgehead atoms. The molecule has 2 amide bonds. The van der Waals surface area contributed by atoms with E-state index in [1.54, 1.807) is 21.9 Å². The van der Waals surface area contributed by atoms with Gasteiger partial charge in [-0.2, -0.15) is 4.31 Å². The van der Waals surface area contributed by atoms with Crippen molar-refractivity contribution in [1.29, 1.82) is 0 Å². The second-order valence-corrected chi connectivity index (χ2v) is 8.39. The summed E-state index contributed by atoms with van der Waals surface area (Å²) in [5, 5.41) is 0. The summed E-state index contributed by atoms with van der Waals surface area (Å²) in [6, 6.07) is 15.4. The minimum Gasteiger partial charge on any atom is -0.343 e. The monoisotopic (exact) mass is 401 g/mol. The molecule has 148 valence electrons. The molecule has 0 saturated carbocycles. The summed E-state index contributed by atoms with van der Waals surface area (Å²) < 4.78 is 27.0. The Hall–Kier alpha value is -2.71. The first-order valence-corrected chi connectivity index (χ1v) is 10.6. The molecular formula is C20H23N3O4S. The first-order valence-electron chi connectivity index (χ1n) is 9.14. The lowest BCUT2D eigenvalue weighted by molar-refractivity contribution is -0.119. The maximum atomic E-state index is 12.8. The molecule has 0 radical (unpaired) electrons. The number of piperazine rings is 1. The van der Waals surface area contributed by atoms with E-state index in [1.165, 1.54) is 16.4 Å². The van der Waals surface area contributed by atoms with Gasteiger partial charge in [0.1, 0.15) is 0 Å². The van der Waals surface area contributed by atoms with Crippen molar-refractivity contribution in [3.8, 4) is 0 Å². The second-order valence-electron chi connectivity index (χ2n) is 6.45. The topological polar surface area (TPSA) is 78.0 Å². The van der Waals surface area contributed by atoms with Crippen LogP contribution in [0.5, 0.6) is 0 Å². The van der Waals surface area contributed by atoms with Gasteiger partial charge < -0.3 is 9.80 Å². The zero-order valence-electron chi connectivity index (χ0n) is 15.7. The summed E-state index contributed by atoms with van der Waals surface area (Å²) in [6.07, 6.45) is 0.733. The maximum Gasteiger partial charge on any atom is 0.258 e. The summed E-state index contributed by atoms with van der Waals surface area (Å²) in [6.45, 7) is 3.68. The Kier molecular flexibility index (Phi) is 6.11. The highest BCUT2D eigenvalue weighted by Crippen LogP contribution is 2.20. The highest BCUT2D eigenvalue weighted by molar-refractivity contribution is 7.89. The molecule has 0 spiro atoms. The van der Waals surface area contributed by atoms with Crippen LogP contribution in [-0.2, 0) is 14.8 Å². The minimum atomic E-state index is -3.65. The number of carbonyl (C=O) groups excluding carboxylic acids is 2. The van der Waals surface area contributed by atoms with Gasteiger partial charge in [-0.05, 0) is 43.3 Å². The standard InChI is InChI=1S/C20H23N3O4S/c1-2-23(18-6-4-3-5-7-18)20(25)17-8-10-19(11-9-17)28(26,27)22-14-12-21(16-24)13-15-22/h3-11,16H,2,12-15H2,1H3. The van der Waals surface area contributed by atoms with Gasteiger partial charge in [0, 0.05) is 44.0 Å². The third-order valence-electron chi connectivity index (χ3n) is 4.79. The van der Waals surface area contributed by atoms with Crippen molar-refractivity contribution < 1.29 is 18.0 Å². The van der Waals surface area contributed by atoms with Gasteiger partial charge in [0.15, 0.2) is 0 Å². The van der Waals surface area contributed by atoms with Gasteiger partial charge in [0.2, 0.25) is 16.4 Å². The number of para-hydroxylation sites is 1. The zero-order chi connectivity index (χ0) is 20.1. The predicted molar refractivity (Wildman–Crippen MR) is 107 cm³/mol. The number of carbonyl (C=O) groups is 2. The van der Waals surface area contributed by atoms with Crippen LogP contribution in [0.15, 0.2) is 59.5 Å². The molecular weight excluding hydrogens is 378 g/mol. The van der Waals surface area contributed by atoms with E-state index in [4.69, 9.17) is 0 Å². The van der Waals surface area contributed by atoms with E-state index in [-0.39, 0.29) is 23.9 Å². The predicted octanol–water partition coefficient (Wildman–Crippen LogP) is 1.82. The Morgan fingerprint density at radius 2 is 1.61 bits per heavy atom. The van der Waals surface area contributed by atoms with Crippen molar-refractivity contribution in [3.63, 3.8) is 0 Å². The third kappa shape index (κ3) is 4.07. The Morgan fingerprint density at radius 1 is 1.00 bits per heavy atom. The van der Waals surface area contributed by atoms with Crippen LogP contribution in [0.25, 0.3) is 0 Å². The number of hydrogen-bond donors (Lipinski definition) is 0. The van der Waals surface area contributed by atoms with E-state index >= 15 is 0 Å². The molecule has 1 fully saturated rings. The van der Waals surface area contributed by atoms with Gasteiger partial charge in [0.25, 0.3) is 5.91 Å². The molecule has 7 nitrogen and oxygen atoms in total. The fraction of sp³-hybridized carbons (Fsp3) is 0.300. The van der Waals surface area contributed by atoms with Gasteiger partial charge >= 0.3 is 0 Å². The summed E-state index contributed by atoms with van der Waals surface area (Å²) in [7, 11) is -3.65. The first-order chi connectivity index (χ1) is 13.5. The number of nitrogens with zero attached hydrogens (tertiary/aromatic N) is 3. The molecule has 1 aliphatic heterocycles. The average molecular weight is 401 g/mol.